The van der Waals surface area contributed by atoms with E-state index >= 15 is 0 Å². The zero-order chi connectivity index (χ0) is 13.9. The minimum atomic E-state index is 0.279. The fraction of sp³-hybridized carbons (Fsp3) is 0.571. The van der Waals surface area contributed by atoms with E-state index in [0.717, 1.165) is 25.5 Å². The smallest absolute Gasteiger partial charge is 0.230 e. The van der Waals surface area contributed by atoms with Gasteiger partial charge in [-0.2, -0.15) is 0 Å². The molecule has 1 unspecified atom stereocenters. The number of nitrogens with zero attached hydrogens (tertiary/aromatic N) is 3. The van der Waals surface area contributed by atoms with Gasteiger partial charge in [-0.3, -0.25) is 4.90 Å². The lowest BCUT2D eigenvalue weighted by Gasteiger charge is -2.12. The second-order valence-electron chi connectivity index (χ2n) is 5.28. The summed E-state index contributed by atoms with van der Waals surface area (Å²) in [5.41, 5.74) is 0. The lowest BCUT2D eigenvalue weighted by atomic mass is 10.1. The van der Waals surface area contributed by atoms with Crippen molar-refractivity contribution in [2.75, 3.05) is 20.3 Å². The fourth-order valence-corrected chi connectivity index (χ4v) is 3.32. The molecule has 3 heterocycles. The minimum absolute atomic E-state index is 0.279. The molecule has 1 fully saturated rings. The predicted octanol–water partition coefficient (Wildman–Crippen LogP) is 2.58. The van der Waals surface area contributed by atoms with Gasteiger partial charge in [-0.15, -0.1) is 21.5 Å². The van der Waals surface area contributed by atoms with Gasteiger partial charge in [0.2, 0.25) is 11.8 Å². The number of aryl methyl sites for hydroxylation is 1. The quantitative estimate of drug-likeness (QED) is 0.848. The number of hydrogen-bond acceptors (Lipinski definition) is 6. The van der Waals surface area contributed by atoms with Crippen LogP contribution < -0.4 is 0 Å². The highest BCUT2D eigenvalue weighted by Gasteiger charge is 2.23. The number of aromatic nitrogens is 2. The molecule has 0 N–H and O–H groups in total. The average Bonchev–Trinajstić information content (AvgIpc) is 3.10. The van der Waals surface area contributed by atoms with Crippen molar-refractivity contribution < 1.29 is 9.15 Å². The van der Waals surface area contributed by atoms with E-state index in [0.29, 0.717) is 19.0 Å². The summed E-state index contributed by atoms with van der Waals surface area (Å²) < 4.78 is 11.1. The number of thiophene rings is 1. The lowest BCUT2D eigenvalue weighted by Crippen LogP contribution is -2.16. The first-order valence-electron chi connectivity index (χ1n) is 6.84. The molecule has 3 rings (SSSR count). The zero-order valence-corrected chi connectivity index (χ0v) is 12.7. The van der Waals surface area contributed by atoms with Crippen LogP contribution in [0.5, 0.6) is 0 Å². The summed E-state index contributed by atoms with van der Waals surface area (Å²) in [7, 11) is 2.07. The Balaban J connectivity index is 1.57. The van der Waals surface area contributed by atoms with Crippen molar-refractivity contribution in [1.29, 1.82) is 0 Å². The topological polar surface area (TPSA) is 51.4 Å². The highest BCUT2D eigenvalue weighted by atomic mass is 32.1. The van der Waals surface area contributed by atoms with Crippen molar-refractivity contribution in [2.24, 2.45) is 0 Å². The van der Waals surface area contributed by atoms with Crippen LogP contribution in [0, 0.1) is 6.92 Å². The molecule has 2 aromatic heterocycles. The van der Waals surface area contributed by atoms with Crippen molar-refractivity contribution in [3.8, 4) is 0 Å². The molecule has 1 aliphatic heterocycles. The second-order valence-corrected chi connectivity index (χ2v) is 6.65. The first kappa shape index (κ1) is 13.7. The zero-order valence-electron chi connectivity index (χ0n) is 11.8. The van der Waals surface area contributed by atoms with E-state index in [1.807, 2.05) is 11.3 Å². The molecule has 5 nitrogen and oxygen atoms in total. The molecular weight excluding hydrogens is 274 g/mol. The largest absolute Gasteiger partial charge is 0.423 e. The van der Waals surface area contributed by atoms with E-state index in [9.17, 15) is 0 Å². The summed E-state index contributed by atoms with van der Waals surface area (Å²) in [5.74, 6) is 1.68. The summed E-state index contributed by atoms with van der Waals surface area (Å²) in [6, 6.07) is 4.32. The van der Waals surface area contributed by atoms with Gasteiger partial charge in [0, 0.05) is 22.9 Å². The maximum atomic E-state index is 5.74. The molecule has 0 radical (unpaired) electrons. The Morgan fingerprint density at radius 2 is 2.25 bits per heavy atom. The van der Waals surface area contributed by atoms with Crippen molar-refractivity contribution in [1.82, 2.24) is 15.1 Å². The molecule has 0 bridgehead atoms. The van der Waals surface area contributed by atoms with E-state index in [-0.39, 0.29) is 5.92 Å². The molecule has 6 heteroatoms. The molecule has 0 aliphatic carbocycles. The maximum absolute atomic E-state index is 5.74. The second kappa shape index (κ2) is 6.03. The summed E-state index contributed by atoms with van der Waals surface area (Å²) in [6.45, 7) is 5.20. The Labute approximate surface area is 122 Å². The molecule has 1 aliphatic rings. The van der Waals surface area contributed by atoms with Gasteiger partial charge in [0.15, 0.2) is 0 Å². The molecule has 0 aromatic carbocycles. The van der Waals surface area contributed by atoms with Crippen molar-refractivity contribution in [2.45, 2.75) is 32.4 Å². The highest BCUT2D eigenvalue weighted by molar-refractivity contribution is 7.11. The molecule has 1 saturated heterocycles. The van der Waals surface area contributed by atoms with E-state index in [1.54, 1.807) is 0 Å². The summed E-state index contributed by atoms with van der Waals surface area (Å²) in [5, 5.41) is 8.28. The van der Waals surface area contributed by atoms with Gasteiger partial charge in [0.25, 0.3) is 0 Å². The fourth-order valence-electron chi connectivity index (χ4n) is 2.35. The molecule has 20 heavy (non-hydrogen) atoms. The number of hydrogen-bond donors (Lipinski definition) is 0. The molecule has 0 amide bonds. The Morgan fingerprint density at radius 3 is 2.95 bits per heavy atom. The Bertz CT molecular complexity index is 560. The maximum Gasteiger partial charge on any atom is 0.230 e. The van der Waals surface area contributed by atoms with Crippen molar-refractivity contribution in [3.63, 3.8) is 0 Å². The van der Waals surface area contributed by atoms with Crippen LogP contribution in [-0.2, 0) is 17.8 Å². The van der Waals surface area contributed by atoms with Crippen LogP contribution in [0.4, 0.5) is 0 Å². The molecule has 1 atom stereocenters. The summed E-state index contributed by atoms with van der Waals surface area (Å²) in [6.07, 6.45) is 0.978. The Kier molecular flexibility index (Phi) is 4.14. The van der Waals surface area contributed by atoms with Crippen molar-refractivity contribution >= 4 is 11.3 Å². The Morgan fingerprint density at radius 1 is 1.35 bits per heavy atom. The molecule has 108 valence electrons. The molecule has 2 aromatic rings. The van der Waals surface area contributed by atoms with E-state index in [2.05, 4.69) is 41.2 Å². The van der Waals surface area contributed by atoms with Crippen LogP contribution >= 0.6 is 11.3 Å². The molecule has 0 spiro atoms. The van der Waals surface area contributed by atoms with Crippen LogP contribution in [0.1, 0.15) is 33.9 Å². The highest BCUT2D eigenvalue weighted by Crippen LogP contribution is 2.24. The van der Waals surface area contributed by atoms with Crippen LogP contribution in [-0.4, -0.2) is 35.4 Å². The first-order chi connectivity index (χ1) is 9.70. The van der Waals surface area contributed by atoms with Gasteiger partial charge in [-0.1, -0.05) is 0 Å². The van der Waals surface area contributed by atoms with Gasteiger partial charge < -0.3 is 9.15 Å². The Hall–Kier alpha value is -1.24. The number of rotatable bonds is 5. The van der Waals surface area contributed by atoms with E-state index < -0.39 is 0 Å². The van der Waals surface area contributed by atoms with Gasteiger partial charge in [0.1, 0.15) is 0 Å². The third kappa shape index (κ3) is 3.26. The standard InChI is InChI=1S/C14H19N3O2S/c1-10-3-4-12(20-10)7-17(2)8-13-15-16-14(19-13)11-5-6-18-9-11/h3-4,11H,5-9H2,1-2H3. The minimum Gasteiger partial charge on any atom is -0.423 e. The monoisotopic (exact) mass is 293 g/mol. The van der Waals surface area contributed by atoms with Crippen LogP contribution in [0.3, 0.4) is 0 Å². The van der Waals surface area contributed by atoms with Gasteiger partial charge in [-0.05, 0) is 32.5 Å². The van der Waals surface area contributed by atoms with Crippen LogP contribution in [0.25, 0.3) is 0 Å². The lowest BCUT2D eigenvalue weighted by molar-refractivity contribution is 0.190. The van der Waals surface area contributed by atoms with Crippen molar-refractivity contribution in [3.05, 3.63) is 33.7 Å². The first-order valence-corrected chi connectivity index (χ1v) is 7.66. The SMILES string of the molecule is Cc1ccc(CN(C)Cc2nnc(C3CCOC3)o2)s1. The van der Waals surface area contributed by atoms with E-state index in [4.69, 9.17) is 9.15 Å². The van der Waals surface area contributed by atoms with Crippen LogP contribution in [0.2, 0.25) is 0 Å². The summed E-state index contributed by atoms with van der Waals surface area (Å²) in [4.78, 5) is 4.89. The van der Waals surface area contributed by atoms with E-state index in [1.165, 1.54) is 9.75 Å². The number of ether oxygens (including phenoxy) is 1. The normalized spacial score (nSPS) is 19.1. The van der Waals surface area contributed by atoms with Gasteiger partial charge in [0.05, 0.1) is 19.1 Å². The predicted molar refractivity (Wildman–Crippen MR) is 76.7 cm³/mol. The molecule has 0 saturated carbocycles. The third-order valence-corrected chi connectivity index (χ3v) is 4.37. The van der Waals surface area contributed by atoms with Gasteiger partial charge in [-0.25, -0.2) is 0 Å². The average molecular weight is 293 g/mol. The summed E-state index contributed by atoms with van der Waals surface area (Å²) >= 11 is 1.83. The third-order valence-electron chi connectivity index (χ3n) is 3.39. The van der Waals surface area contributed by atoms with Gasteiger partial charge >= 0.3 is 0 Å². The van der Waals surface area contributed by atoms with Crippen LogP contribution in [0.15, 0.2) is 16.5 Å². The molecular formula is C14H19N3O2S.